The topological polar surface area (TPSA) is 110 Å². The van der Waals surface area contributed by atoms with E-state index in [1.165, 1.54) is 11.3 Å². The summed E-state index contributed by atoms with van der Waals surface area (Å²) in [7, 11) is 0. The zero-order valence-electron chi connectivity index (χ0n) is 11.5. The molecule has 7 nitrogen and oxygen atoms in total. The number of amides is 2. The maximum Gasteiger partial charge on any atom is 0.245 e. The van der Waals surface area contributed by atoms with Gasteiger partial charge in [-0.15, -0.1) is 22.6 Å². The first-order chi connectivity index (χ1) is 9.10. The predicted octanol–water partition coefficient (Wildman–Crippen LogP) is 0.877. The van der Waals surface area contributed by atoms with Crippen molar-refractivity contribution in [1.82, 2.24) is 15.5 Å². The molecule has 0 saturated heterocycles. The van der Waals surface area contributed by atoms with Gasteiger partial charge in [0.05, 0.1) is 13.1 Å². The molecule has 0 spiro atoms. The van der Waals surface area contributed by atoms with Crippen LogP contribution in [0.4, 0.5) is 5.13 Å². The van der Waals surface area contributed by atoms with E-state index in [0.29, 0.717) is 11.0 Å². The van der Waals surface area contributed by atoms with Gasteiger partial charge < -0.3 is 11.1 Å². The van der Waals surface area contributed by atoms with Crippen LogP contribution in [0, 0.1) is 0 Å². The summed E-state index contributed by atoms with van der Waals surface area (Å²) in [4.78, 5) is 22.4. The molecule has 0 aliphatic heterocycles. The van der Waals surface area contributed by atoms with Crippen LogP contribution >= 0.6 is 23.7 Å². The lowest BCUT2D eigenvalue weighted by atomic mass is 10.1. The van der Waals surface area contributed by atoms with E-state index < -0.39 is 0 Å². The highest BCUT2D eigenvalue weighted by atomic mass is 35.5. The lowest BCUT2D eigenvalue weighted by Gasteiger charge is -2.05. The molecule has 9 heteroatoms. The minimum absolute atomic E-state index is 0. The Morgan fingerprint density at radius 3 is 2.45 bits per heavy atom. The summed E-state index contributed by atoms with van der Waals surface area (Å²) >= 11 is 1.37. The predicted molar refractivity (Wildman–Crippen MR) is 81.2 cm³/mol. The van der Waals surface area contributed by atoms with Crippen LogP contribution in [0.3, 0.4) is 0 Å². The highest BCUT2D eigenvalue weighted by Crippen LogP contribution is 2.27. The Morgan fingerprint density at radius 1 is 1.25 bits per heavy atom. The van der Waals surface area contributed by atoms with Gasteiger partial charge in [-0.25, -0.2) is 0 Å². The number of nitrogens with two attached hydrogens (primary N) is 1. The smallest absolute Gasteiger partial charge is 0.245 e. The van der Waals surface area contributed by atoms with Gasteiger partial charge in [0, 0.05) is 5.92 Å². The van der Waals surface area contributed by atoms with Crippen molar-refractivity contribution < 1.29 is 9.59 Å². The number of carbonyl (C=O) groups excluding carboxylic acids is 2. The molecule has 0 saturated carbocycles. The molecule has 1 aromatic rings. The van der Waals surface area contributed by atoms with E-state index in [2.05, 4.69) is 34.7 Å². The molecular formula is C11H20ClN5O2S. The van der Waals surface area contributed by atoms with Crippen LogP contribution in [0.5, 0.6) is 0 Å². The van der Waals surface area contributed by atoms with Crippen molar-refractivity contribution in [2.24, 2.45) is 5.73 Å². The van der Waals surface area contributed by atoms with Gasteiger partial charge in [0.15, 0.2) is 0 Å². The molecule has 2 amide bonds. The number of rotatable bonds is 7. The number of nitrogens with zero attached hydrogens (tertiary/aromatic N) is 2. The number of hydrogen-bond donors (Lipinski definition) is 3. The molecule has 0 atom stereocenters. The Bertz CT molecular complexity index is 436. The number of hydrogen-bond acceptors (Lipinski definition) is 6. The summed E-state index contributed by atoms with van der Waals surface area (Å²) in [5, 5.41) is 14.3. The zero-order valence-corrected chi connectivity index (χ0v) is 13.1. The normalized spacial score (nSPS) is 10.0. The largest absolute Gasteiger partial charge is 0.346 e. The van der Waals surface area contributed by atoms with Gasteiger partial charge in [-0.2, -0.15) is 0 Å². The van der Waals surface area contributed by atoms with Crippen LogP contribution in [0.15, 0.2) is 0 Å². The molecule has 0 aromatic carbocycles. The fraction of sp³-hybridized carbons (Fsp3) is 0.636. The van der Waals surface area contributed by atoms with E-state index in [9.17, 15) is 9.59 Å². The van der Waals surface area contributed by atoms with Crippen molar-refractivity contribution in [3.8, 4) is 0 Å². The van der Waals surface area contributed by atoms with Crippen molar-refractivity contribution in [2.45, 2.75) is 32.6 Å². The molecule has 0 fully saturated rings. The van der Waals surface area contributed by atoms with E-state index in [1.807, 2.05) is 0 Å². The third-order valence-corrected chi connectivity index (χ3v) is 3.65. The van der Waals surface area contributed by atoms with Crippen LogP contribution in [-0.2, 0) is 9.59 Å². The van der Waals surface area contributed by atoms with Crippen LogP contribution in [0.25, 0.3) is 0 Å². The minimum Gasteiger partial charge on any atom is -0.346 e. The molecule has 1 rings (SSSR count). The van der Waals surface area contributed by atoms with Crippen LogP contribution in [0.1, 0.15) is 37.6 Å². The third kappa shape index (κ3) is 5.81. The standard InChI is InChI=1S/C11H19N5O2S.ClH/c1-3-7(4-2)10-15-16-11(19-10)14-9(18)6-13-8(17)5-12;/h7H,3-6,12H2,1-2H3,(H,13,17)(H,14,16,18);1H. The van der Waals surface area contributed by atoms with Crippen molar-refractivity contribution in [3.05, 3.63) is 5.01 Å². The number of halogens is 1. The van der Waals surface area contributed by atoms with Crippen LogP contribution in [0.2, 0.25) is 0 Å². The molecule has 0 radical (unpaired) electrons. The maximum atomic E-state index is 11.5. The fourth-order valence-corrected chi connectivity index (χ4v) is 2.53. The summed E-state index contributed by atoms with van der Waals surface area (Å²) in [5.41, 5.74) is 5.11. The number of aromatic nitrogens is 2. The second-order valence-electron chi connectivity index (χ2n) is 3.99. The van der Waals surface area contributed by atoms with Crippen molar-refractivity contribution in [3.63, 3.8) is 0 Å². The average molecular weight is 322 g/mol. The van der Waals surface area contributed by atoms with E-state index in [0.717, 1.165) is 17.8 Å². The van der Waals surface area contributed by atoms with Gasteiger partial charge in [0.1, 0.15) is 5.01 Å². The summed E-state index contributed by atoms with van der Waals surface area (Å²) in [6.45, 7) is 3.94. The first-order valence-corrected chi connectivity index (χ1v) is 7.02. The van der Waals surface area contributed by atoms with Crippen molar-refractivity contribution in [2.75, 3.05) is 18.4 Å². The van der Waals surface area contributed by atoms with Crippen LogP contribution < -0.4 is 16.4 Å². The first kappa shape index (κ1) is 18.8. The maximum absolute atomic E-state index is 11.5. The summed E-state index contributed by atoms with van der Waals surface area (Å²) in [6, 6.07) is 0. The third-order valence-electron chi connectivity index (χ3n) is 2.65. The van der Waals surface area contributed by atoms with Crippen molar-refractivity contribution in [1.29, 1.82) is 0 Å². The van der Waals surface area contributed by atoms with E-state index in [-0.39, 0.29) is 37.3 Å². The van der Waals surface area contributed by atoms with Gasteiger partial charge in [-0.05, 0) is 12.8 Å². The molecule has 0 aliphatic rings. The second kappa shape index (κ2) is 9.62. The first-order valence-electron chi connectivity index (χ1n) is 6.20. The van der Waals surface area contributed by atoms with E-state index in [4.69, 9.17) is 5.73 Å². The molecular weight excluding hydrogens is 302 g/mol. The molecule has 4 N–H and O–H groups in total. The summed E-state index contributed by atoms with van der Waals surface area (Å²) in [5.74, 6) is -0.334. The Labute approximate surface area is 128 Å². The lowest BCUT2D eigenvalue weighted by molar-refractivity contribution is -0.123. The Morgan fingerprint density at radius 2 is 1.90 bits per heavy atom. The molecule has 0 bridgehead atoms. The van der Waals surface area contributed by atoms with Gasteiger partial charge in [0.25, 0.3) is 0 Å². The Balaban J connectivity index is 0.00000361. The van der Waals surface area contributed by atoms with E-state index in [1.54, 1.807) is 0 Å². The average Bonchev–Trinajstić information content (AvgIpc) is 2.85. The summed E-state index contributed by atoms with van der Waals surface area (Å²) < 4.78 is 0. The second-order valence-corrected chi connectivity index (χ2v) is 5.00. The quantitative estimate of drug-likeness (QED) is 0.690. The Hall–Kier alpha value is -1.25. The minimum atomic E-state index is -0.370. The molecule has 0 unspecified atom stereocenters. The summed E-state index contributed by atoms with van der Waals surface area (Å²) in [6.07, 6.45) is 1.98. The molecule has 0 aliphatic carbocycles. The van der Waals surface area contributed by atoms with Crippen LogP contribution in [-0.4, -0.2) is 35.1 Å². The number of nitrogens with one attached hydrogen (secondary N) is 2. The molecule has 20 heavy (non-hydrogen) atoms. The molecule has 1 heterocycles. The van der Waals surface area contributed by atoms with Gasteiger partial charge in [-0.3, -0.25) is 14.9 Å². The zero-order chi connectivity index (χ0) is 14.3. The number of anilines is 1. The van der Waals surface area contributed by atoms with Gasteiger partial charge >= 0.3 is 0 Å². The monoisotopic (exact) mass is 321 g/mol. The molecule has 114 valence electrons. The SMILES string of the molecule is CCC(CC)c1nnc(NC(=O)CNC(=O)CN)s1.Cl. The highest BCUT2D eigenvalue weighted by molar-refractivity contribution is 7.15. The van der Waals surface area contributed by atoms with Crippen molar-refractivity contribution >= 4 is 40.7 Å². The van der Waals surface area contributed by atoms with Gasteiger partial charge in [0.2, 0.25) is 16.9 Å². The van der Waals surface area contributed by atoms with E-state index >= 15 is 0 Å². The Kier molecular flexibility index (Phi) is 9.02. The number of carbonyl (C=O) groups is 2. The lowest BCUT2D eigenvalue weighted by Crippen LogP contribution is -2.36. The highest BCUT2D eigenvalue weighted by Gasteiger charge is 2.14. The fourth-order valence-electron chi connectivity index (χ4n) is 1.50. The van der Waals surface area contributed by atoms with Gasteiger partial charge in [-0.1, -0.05) is 25.2 Å². The molecule has 1 aromatic heterocycles.